The SMILES string of the molecule is CC/C(F)=C\C=C(/C)C#N. The molecule has 0 N–H and O–H groups in total. The highest BCUT2D eigenvalue weighted by atomic mass is 19.1. The van der Waals surface area contributed by atoms with Gasteiger partial charge in [0, 0.05) is 5.57 Å². The summed E-state index contributed by atoms with van der Waals surface area (Å²) in [4.78, 5) is 0. The highest BCUT2D eigenvalue weighted by Crippen LogP contribution is 2.02. The summed E-state index contributed by atoms with van der Waals surface area (Å²) in [7, 11) is 0. The van der Waals surface area contributed by atoms with E-state index in [4.69, 9.17) is 5.26 Å². The molecule has 0 aliphatic heterocycles. The molecule has 0 amide bonds. The van der Waals surface area contributed by atoms with E-state index in [1.54, 1.807) is 13.8 Å². The van der Waals surface area contributed by atoms with E-state index in [2.05, 4.69) is 0 Å². The molecule has 0 bridgehead atoms. The van der Waals surface area contributed by atoms with Gasteiger partial charge in [0.25, 0.3) is 0 Å². The Labute approximate surface area is 60.5 Å². The first-order valence-corrected chi connectivity index (χ1v) is 3.13. The molecule has 0 spiro atoms. The van der Waals surface area contributed by atoms with Crippen LogP contribution in [0.3, 0.4) is 0 Å². The standard InChI is InChI=1S/C8H10FN/c1-3-8(9)5-4-7(2)6-10/h4-5H,3H2,1-2H3/b7-4+,8-5+. The molecule has 0 atom stereocenters. The molecule has 0 aromatic carbocycles. The maximum Gasteiger partial charge on any atom is 0.0997 e. The predicted octanol–water partition coefficient (Wildman–Crippen LogP) is 2.72. The molecule has 0 aromatic heterocycles. The van der Waals surface area contributed by atoms with Crippen molar-refractivity contribution < 1.29 is 4.39 Å². The van der Waals surface area contributed by atoms with Crippen LogP contribution in [0.2, 0.25) is 0 Å². The molecule has 0 heterocycles. The van der Waals surface area contributed by atoms with Crippen LogP contribution in [-0.4, -0.2) is 0 Å². The van der Waals surface area contributed by atoms with Crippen LogP contribution in [0.5, 0.6) is 0 Å². The van der Waals surface area contributed by atoms with Crippen LogP contribution in [0.15, 0.2) is 23.6 Å². The molecule has 0 fully saturated rings. The molecule has 0 aliphatic rings. The number of hydrogen-bond donors (Lipinski definition) is 0. The Hall–Kier alpha value is -1.10. The first-order chi connectivity index (χ1) is 4.70. The van der Waals surface area contributed by atoms with Gasteiger partial charge in [-0.3, -0.25) is 0 Å². The molecule has 54 valence electrons. The minimum Gasteiger partial charge on any atom is -0.212 e. The fourth-order valence-electron chi connectivity index (χ4n) is 0.371. The lowest BCUT2D eigenvalue weighted by atomic mass is 10.3. The molecule has 0 aliphatic carbocycles. The van der Waals surface area contributed by atoms with E-state index in [0.29, 0.717) is 12.0 Å². The summed E-state index contributed by atoms with van der Waals surface area (Å²) in [5, 5.41) is 8.25. The van der Waals surface area contributed by atoms with E-state index >= 15 is 0 Å². The molecule has 0 saturated heterocycles. The van der Waals surface area contributed by atoms with Gasteiger partial charge < -0.3 is 0 Å². The molecular formula is C8H10FN. The lowest BCUT2D eigenvalue weighted by Crippen LogP contribution is -1.68. The summed E-state index contributed by atoms with van der Waals surface area (Å²) in [6, 6.07) is 1.89. The number of allylic oxidation sites excluding steroid dienone is 4. The molecule has 1 nitrogen and oxygen atoms in total. The van der Waals surface area contributed by atoms with Gasteiger partial charge in [0.1, 0.15) is 0 Å². The Morgan fingerprint density at radius 1 is 1.60 bits per heavy atom. The van der Waals surface area contributed by atoms with Gasteiger partial charge in [-0.2, -0.15) is 5.26 Å². The van der Waals surface area contributed by atoms with Crippen LogP contribution in [0.25, 0.3) is 0 Å². The van der Waals surface area contributed by atoms with E-state index in [-0.39, 0.29) is 5.83 Å². The topological polar surface area (TPSA) is 23.8 Å². The summed E-state index contributed by atoms with van der Waals surface area (Å²) in [6.45, 7) is 3.36. The van der Waals surface area contributed by atoms with Crippen LogP contribution in [0.1, 0.15) is 20.3 Å². The van der Waals surface area contributed by atoms with Crippen molar-refractivity contribution in [2.45, 2.75) is 20.3 Å². The van der Waals surface area contributed by atoms with Crippen LogP contribution in [-0.2, 0) is 0 Å². The monoisotopic (exact) mass is 139 g/mol. The fraction of sp³-hybridized carbons (Fsp3) is 0.375. The number of hydrogen-bond acceptors (Lipinski definition) is 1. The highest BCUT2D eigenvalue weighted by Gasteiger charge is 1.85. The van der Waals surface area contributed by atoms with Crippen LogP contribution in [0, 0.1) is 11.3 Å². The third-order valence-corrected chi connectivity index (χ3v) is 1.03. The molecule has 2 heteroatoms. The average molecular weight is 139 g/mol. The van der Waals surface area contributed by atoms with Gasteiger partial charge >= 0.3 is 0 Å². The number of nitriles is 1. The summed E-state index contributed by atoms with van der Waals surface area (Å²) in [5.74, 6) is -0.199. The van der Waals surface area contributed by atoms with Gasteiger partial charge in [-0.15, -0.1) is 0 Å². The minimum atomic E-state index is -0.199. The van der Waals surface area contributed by atoms with E-state index in [9.17, 15) is 4.39 Å². The van der Waals surface area contributed by atoms with Crippen molar-refractivity contribution in [2.75, 3.05) is 0 Å². The lowest BCUT2D eigenvalue weighted by molar-refractivity contribution is 0.604. The smallest absolute Gasteiger partial charge is 0.0997 e. The van der Waals surface area contributed by atoms with Crippen LogP contribution < -0.4 is 0 Å². The Bertz CT molecular complexity index is 196. The molecule has 0 rings (SSSR count). The summed E-state index contributed by atoms with van der Waals surface area (Å²) >= 11 is 0. The number of halogens is 1. The maximum atomic E-state index is 12.3. The van der Waals surface area contributed by atoms with Crippen molar-refractivity contribution >= 4 is 0 Å². The molecular weight excluding hydrogens is 129 g/mol. The highest BCUT2D eigenvalue weighted by molar-refractivity contribution is 5.23. The quantitative estimate of drug-likeness (QED) is 0.426. The Morgan fingerprint density at radius 2 is 2.20 bits per heavy atom. The minimum absolute atomic E-state index is 0.199. The molecule has 0 unspecified atom stereocenters. The maximum absolute atomic E-state index is 12.3. The fourth-order valence-corrected chi connectivity index (χ4v) is 0.371. The predicted molar refractivity (Wildman–Crippen MR) is 38.9 cm³/mol. The van der Waals surface area contributed by atoms with Crippen molar-refractivity contribution in [3.8, 4) is 6.07 Å². The molecule has 0 aromatic rings. The first kappa shape index (κ1) is 8.90. The van der Waals surface area contributed by atoms with Gasteiger partial charge in [-0.1, -0.05) is 6.92 Å². The van der Waals surface area contributed by atoms with Crippen LogP contribution in [0.4, 0.5) is 4.39 Å². The Kier molecular flexibility index (Phi) is 4.23. The molecule has 0 radical (unpaired) electrons. The third-order valence-electron chi connectivity index (χ3n) is 1.03. The van der Waals surface area contributed by atoms with Gasteiger partial charge in [0.15, 0.2) is 0 Å². The summed E-state index contributed by atoms with van der Waals surface area (Å²) in [5.41, 5.74) is 0.517. The molecule has 0 saturated carbocycles. The second-order valence-electron chi connectivity index (χ2n) is 1.93. The third kappa shape index (κ3) is 3.85. The van der Waals surface area contributed by atoms with Gasteiger partial charge in [-0.25, -0.2) is 4.39 Å². The van der Waals surface area contributed by atoms with Gasteiger partial charge in [-0.05, 0) is 25.5 Å². The Morgan fingerprint density at radius 3 is 2.60 bits per heavy atom. The normalized spacial score (nSPS) is 13.0. The van der Waals surface area contributed by atoms with Gasteiger partial charge in [0.2, 0.25) is 0 Å². The zero-order valence-electron chi connectivity index (χ0n) is 6.19. The Balaban J connectivity index is 4.07. The van der Waals surface area contributed by atoms with Crippen molar-refractivity contribution in [3.05, 3.63) is 23.6 Å². The van der Waals surface area contributed by atoms with Gasteiger partial charge in [0.05, 0.1) is 11.9 Å². The lowest BCUT2D eigenvalue weighted by Gasteiger charge is -1.84. The van der Waals surface area contributed by atoms with E-state index in [0.717, 1.165) is 0 Å². The second kappa shape index (κ2) is 4.75. The van der Waals surface area contributed by atoms with Crippen LogP contribution >= 0.6 is 0 Å². The zero-order chi connectivity index (χ0) is 7.98. The largest absolute Gasteiger partial charge is 0.212 e. The van der Waals surface area contributed by atoms with Crippen molar-refractivity contribution in [1.29, 1.82) is 5.26 Å². The van der Waals surface area contributed by atoms with Crippen molar-refractivity contribution in [3.63, 3.8) is 0 Å². The van der Waals surface area contributed by atoms with E-state index < -0.39 is 0 Å². The second-order valence-corrected chi connectivity index (χ2v) is 1.93. The zero-order valence-corrected chi connectivity index (χ0v) is 6.19. The average Bonchev–Trinajstić information content (AvgIpc) is 1.99. The number of nitrogens with zero attached hydrogens (tertiary/aromatic N) is 1. The summed E-state index contributed by atoms with van der Waals surface area (Å²) < 4.78 is 12.3. The van der Waals surface area contributed by atoms with Crippen molar-refractivity contribution in [1.82, 2.24) is 0 Å². The first-order valence-electron chi connectivity index (χ1n) is 3.13. The number of rotatable bonds is 2. The van der Waals surface area contributed by atoms with E-state index in [1.807, 2.05) is 6.07 Å². The van der Waals surface area contributed by atoms with Crippen molar-refractivity contribution in [2.24, 2.45) is 0 Å². The van der Waals surface area contributed by atoms with E-state index in [1.165, 1.54) is 12.2 Å². The summed E-state index contributed by atoms with van der Waals surface area (Å²) in [6.07, 6.45) is 3.17. The molecule has 10 heavy (non-hydrogen) atoms.